The molecule has 1 aliphatic heterocycles. The van der Waals surface area contributed by atoms with Gasteiger partial charge in [0.05, 0.1) is 6.61 Å². The van der Waals surface area contributed by atoms with Crippen LogP contribution in [-0.4, -0.2) is 68.0 Å². The molecule has 17 heavy (non-hydrogen) atoms. The minimum Gasteiger partial charge on any atom is -0.327 e. The number of hydrogen-bond donors (Lipinski definition) is 0. The quantitative estimate of drug-likeness (QED) is 0.725. The van der Waals surface area contributed by atoms with Gasteiger partial charge in [-0.3, -0.25) is 9.46 Å². The van der Waals surface area contributed by atoms with Gasteiger partial charge in [-0.15, -0.1) is 0 Å². The fourth-order valence-electron chi connectivity index (χ4n) is 1.61. The molecule has 1 fully saturated rings. The molecule has 0 aromatic heterocycles. The van der Waals surface area contributed by atoms with Crippen LogP contribution in [0.25, 0.3) is 0 Å². The summed E-state index contributed by atoms with van der Waals surface area (Å²) in [7, 11) is -0.347. The van der Waals surface area contributed by atoms with E-state index in [9.17, 15) is 4.57 Å². The molecule has 0 amide bonds. The van der Waals surface area contributed by atoms with Crippen molar-refractivity contribution in [2.45, 2.75) is 25.9 Å². The van der Waals surface area contributed by atoms with Crippen LogP contribution in [0.4, 0.5) is 0 Å². The van der Waals surface area contributed by atoms with E-state index in [1.807, 2.05) is 20.8 Å². The molecule has 0 spiro atoms. The van der Waals surface area contributed by atoms with Gasteiger partial charge in [0.15, 0.2) is 0 Å². The second-order valence-electron chi connectivity index (χ2n) is 5.99. The molecule has 1 saturated heterocycles. The Balaban J connectivity index is 2.26. The average molecular weight is 262 g/mol. The molecule has 1 atom stereocenters. The summed E-state index contributed by atoms with van der Waals surface area (Å²) < 4.78 is 17.9. The smallest absolute Gasteiger partial charge is 0.205 e. The van der Waals surface area contributed by atoms with E-state index < -0.39 is 7.37 Å². The molecule has 0 aliphatic carbocycles. The van der Waals surface area contributed by atoms with Crippen molar-refractivity contribution in [3.8, 4) is 0 Å². The van der Waals surface area contributed by atoms with Crippen molar-refractivity contribution in [1.82, 2.24) is 9.80 Å². The zero-order valence-electron chi connectivity index (χ0n) is 11.9. The van der Waals surface area contributed by atoms with E-state index in [4.69, 9.17) is 4.52 Å². The molecule has 0 aromatic carbocycles. The van der Waals surface area contributed by atoms with Crippen LogP contribution in [0.15, 0.2) is 0 Å². The molecule has 4 nitrogen and oxygen atoms in total. The molecule has 0 saturated carbocycles. The summed E-state index contributed by atoms with van der Waals surface area (Å²) in [5.74, 6) is 0. The Bertz CT molecular complexity index is 281. The lowest BCUT2D eigenvalue weighted by Gasteiger charge is -2.33. The molecule has 1 heterocycles. The van der Waals surface area contributed by atoms with Gasteiger partial charge < -0.3 is 9.42 Å². The number of nitrogens with zero attached hydrogens (tertiary/aromatic N) is 2. The second-order valence-corrected chi connectivity index (χ2v) is 9.29. The Labute approximate surface area is 106 Å². The van der Waals surface area contributed by atoms with Crippen LogP contribution in [-0.2, 0) is 9.09 Å². The standard InChI is InChI=1S/C12H27N2O2P/c1-12(2,3)17(5,15)16-11-10-14-8-6-13(4)7-9-14/h6-11H2,1-5H3. The van der Waals surface area contributed by atoms with Crippen molar-refractivity contribution in [2.24, 2.45) is 0 Å². The molecule has 1 aliphatic rings. The minimum atomic E-state index is -2.49. The Morgan fingerprint density at radius 1 is 1.18 bits per heavy atom. The first-order valence-electron chi connectivity index (χ1n) is 6.35. The van der Waals surface area contributed by atoms with E-state index in [1.54, 1.807) is 6.66 Å². The summed E-state index contributed by atoms with van der Waals surface area (Å²) >= 11 is 0. The third-order valence-corrected chi connectivity index (χ3v) is 6.67. The normalized spacial score (nSPS) is 23.6. The van der Waals surface area contributed by atoms with Gasteiger partial charge in [-0.25, -0.2) is 0 Å². The van der Waals surface area contributed by atoms with E-state index in [0.29, 0.717) is 6.61 Å². The summed E-state index contributed by atoms with van der Waals surface area (Å²) in [6, 6.07) is 0. The fraction of sp³-hybridized carbons (Fsp3) is 1.00. The van der Waals surface area contributed by atoms with Crippen LogP contribution in [0.3, 0.4) is 0 Å². The summed E-state index contributed by atoms with van der Waals surface area (Å²) in [4.78, 5) is 4.71. The highest BCUT2D eigenvalue weighted by Gasteiger charge is 2.32. The molecule has 0 radical (unpaired) electrons. The van der Waals surface area contributed by atoms with Crippen molar-refractivity contribution in [2.75, 3.05) is 53.0 Å². The van der Waals surface area contributed by atoms with Gasteiger partial charge in [0.1, 0.15) is 0 Å². The summed E-state index contributed by atoms with van der Waals surface area (Å²) in [6.45, 7) is 13.5. The number of hydrogen-bond acceptors (Lipinski definition) is 4. The van der Waals surface area contributed by atoms with E-state index in [2.05, 4.69) is 16.8 Å². The molecule has 0 aromatic rings. The van der Waals surface area contributed by atoms with Gasteiger partial charge in [-0.1, -0.05) is 20.8 Å². The molecule has 0 N–H and O–H groups in total. The lowest BCUT2D eigenvalue weighted by Crippen LogP contribution is -2.45. The van der Waals surface area contributed by atoms with Crippen LogP contribution >= 0.6 is 7.37 Å². The predicted octanol–water partition coefficient (Wildman–Crippen LogP) is 1.96. The lowest BCUT2D eigenvalue weighted by atomic mass is 10.3. The van der Waals surface area contributed by atoms with Crippen molar-refractivity contribution in [1.29, 1.82) is 0 Å². The third kappa shape index (κ3) is 4.70. The molecular weight excluding hydrogens is 235 g/mol. The van der Waals surface area contributed by atoms with Gasteiger partial charge in [0, 0.05) is 44.5 Å². The Morgan fingerprint density at radius 3 is 2.18 bits per heavy atom. The topological polar surface area (TPSA) is 32.8 Å². The predicted molar refractivity (Wildman–Crippen MR) is 73.2 cm³/mol. The highest BCUT2D eigenvalue weighted by atomic mass is 31.2. The minimum absolute atomic E-state index is 0.255. The Hall–Kier alpha value is 0.110. The number of piperazine rings is 1. The highest BCUT2D eigenvalue weighted by Crippen LogP contribution is 2.55. The van der Waals surface area contributed by atoms with Crippen molar-refractivity contribution >= 4 is 7.37 Å². The van der Waals surface area contributed by atoms with Crippen molar-refractivity contribution < 1.29 is 9.09 Å². The zero-order valence-corrected chi connectivity index (χ0v) is 12.8. The SMILES string of the molecule is CN1CCN(CCOP(C)(=O)C(C)(C)C)CC1. The van der Waals surface area contributed by atoms with Crippen molar-refractivity contribution in [3.05, 3.63) is 0 Å². The average Bonchev–Trinajstić information content (AvgIpc) is 2.19. The highest BCUT2D eigenvalue weighted by molar-refractivity contribution is 7.59. The van der Waals surface area contributed by atoms with Gasteiger partial charge in [-0.05, 0) is 7.05 Å². The maximum absolute atomic E-state index is 12.3. The van der Waals surface area contributed by atoms with Gasteiger partial charge in [0.2, 0.25) is 7.37 Å². The summed E-state index contributed by atoms with van der Waals surface area (Å²) in [5.41, 5.74) is 0. The molecule has 0 bridgehead atoms. The first-order valence-corrected chi connectivity index (χ1v) is 8.42. The third-order valence-electron chi connectivity index (χ3n) is 3.56. The van der Waals surface area contributed by atoms with Crippen LogP contribution in [0.5, 0.6) is 0 Å². The molecule has 1 unspecified atom stereocenters. The van der Waals surface area contributed by atoms with Gasteiger partial charge in [-0.2, -0.15) is 0 Å². The number of rotatable bonds is 4. The van der Waals surface area contributed by atoms with E-state index >= 15 is 0 Å². The molecule has 102 valence electrons. The van der Waals surface area contributed by atoms with Crippen molar-refractivity contribution in [3.63, 3.8) is 0 Å². The van der Waals surface area contributed by atoms with Gasteiger partial charge in [0.25, 0.3) is 0 Å². The maximum atomic E-state index is 12.3. The molecule has 5 heteroatoms. The first kappa shape index (κ1) is 15.2. The lowest BCUT2D eigenvalue weighted by molar-refractivity contribution is 0.133. The largest absolute Gasteiger partial charge is 0.327 e. The fourth-order valence-corrected chi connectivity index (χ4v) is 2.43. The number of likely N-dealkylation sites (N-methyl/N-ethyl adjacent to an activating group) is 1. The van der Waals surface area contributed by atoms with E-state index in [-0.39, 0.29) is 5.16 Å². The zero-order chi connectivity index (χ0) is 13.1. The van der Waals surface area contributed by atoms with E-state index in [0.717, 1.165) is 32.7 Å². The van der Waals surface area contributed by atoms with Crippen LogP contribution in [0.1, 0.15) is 20.8 Å². The van der Waals surface area contributed by atoms with Crippen LogP contribution in [0, 0.1) is 0 Å². The molecular formula is C12H27N2O2P. The molecule has 1 rings (SSSR count). The summed E-state index contributed by atoms with van der Waals surface area (Å²) in [5, 5.41) is -0.255. The Kier molecular flexibility index (Phi) is 5.21. The second kappa shape index (κ2) is 5.83. The van der Waals surface area contributed by atoms with Gasteiger partial charge >= 0.3 is 0 Å². The summed E-state index contributed by atoms with van der Waals surface area (Å²) in [6.07, 6.45) is 0. The van der Waals surface area contributed by atoms with E-state index in [1.165, 1.54) is 0 Å². The first-order chi connectivity index (χ1) is 7.72. The van der Waals surface area contributed by atoms with Crippen LogP contribution < -0.4 is 0 Å². The monoisotopic (exact) mass is 262 g/mol. The maximum Gasteiger partial charge on any atom is 0.205 e. The van der Waals surface area contributed by atoms with Crippen LogP contribution in [0.2, 0.25) is 0 Å². The Morgan fingerprint density at radius 2 is 1.71 bits per heavy atom.